The van der Waals surface area contributed by atoms with E-state index in [9.17, 15) is 4.57 Å². The predicted molar refractivity (Wildman–Crippen MR) is 63.6 cm³/mol. The average molecular weight is 326 g/mol. The second-order valence-corrected chi connectivity index (χ2v) is 5.49. The number of hydrogen-bond donors (Lipinski definition) is 2. The molecule has 16 heavy (non-hydrogen) atoms. The number of phosphoric acid groups is 1. The van der Waals surface area contributed by atoms with Gasteiger partial charge in [0.05, 0.1) is 11.7 Å². The fourth-order valence-corrected chi connectivity index (χ4v) is 2.33. The van der Waals surface area contributed by atoms with Crippen LogP contribution in [-0.4, -0.2) is 13.9 Å². The Morgan fingerprint density at radius 2 is 2.12 bits per heavy atom. The van der Waals surface area contributed by atoms with Crippen molar-refractivity contribution >= 4 is 46.4 Å². The van der Waals surface area contributed by atoms with Crippen LogP contribution in [0.3, 0.4) is 0 Å². The largest absolute Gasteiger partial charge is 0.524 e. The van der Waals surface area contributed by atoms with Gasteiger partial charge in [-0.05, 0) is 18.2 Å². The molecule has 0 fully saturated rings. The summed E-state index contributed by atoms with van der Waals surface area (Å²) in [7, 11) is -4.58. The van der Waals surface area contributed by atoms with Crippen LogP contribution in [-0.2, 0) is 4.57 Å². The van der Waals surface area contributed by atoms with E-state index >= 15 is 0 Å². The van der Waals surface area contributed by atoms with E-state index in [4.69, 9.17) is 21.6 Å². The van der Waals surface area contributed by atoms with E-state index in [1.807, 2.05) is 0 Å². The molecule has 1 heterocycles. The van der Waals surface area contributed by atoms with Crippen molar-refractivity contribution < 1.29 is 18.9 Å². The molecule has 1 aromatic heterocycles. The van der Waals surface area contributed by atoms with Crippen LogP contribution < -0.4 is 4.52 Å². The first-order valence-corrected chi connectivity index (χ1v) is 6.75. The third-order valence-electron chi connectivity index (χ3n) is 1.90. The molecule has 2 rings (SSSR count). The third-order valence-corrected chi connectivity index (χ3v) is 3.11. The molecule has 0 unspecified atom stereocenters. The second kappa shape index (κ2) is 4.05. The molecule has 8 heteroatoms. The van der Waals surface area contributed by atoms with Crippen molar-refractivity contribution in [3.05, 3.63) is 28.9 Å². The summed E-state index contributed by atoms with van der Waals surface area (Å²) in [6.07, 6.45) is 1.30. The minimum atomic E-state index is -4.58. The average Bonchev–Trinajstić information content (AvgIpc) is 2.40. The van der Waals surface area contributed by atoms with Crippen molar-refractivity contribution in [1.82, 2.24) is 4.09 Å². The minimum absolute atomic E-state index is 0.0413. The van der Waals surface area contributed by atoms with Crippen molar-refractivity contribution in [1.29, 1.82) is 0 Å². The summed E-state index contributed by atoms with van der Waals surface area (Å²) in [6.45, 7) is 0. The predicted octanol–water partition coefficient (Wildman–Crippen LogP) is 2.88. The number of phosphoric ester groups is 1. The quantitative estimate of drug-likeness (QED) is 0.833. The molecule has 0 aliphatic heterocycles. The molecule has 2 N–H and O–H groups in total. The molecule has 0 aliphatic rings. The highest BCUT2D eigenvalue weighted by molar-refractivity contribution is 9.10. The van der Waals surface area contributed by atoms with Crippen molar-refractivity contribution in [2.45, 2.75) is 0 Å². The van der Waals surface area contributed by atoms with Crippen molar-refractivity contribution in [3.8, 4) is 5.75 Å². The summed E-state index contributed by atoms with van der Waals surface area (Å²) in [6, 6.07) is 5.14. The van der Waals surface area contributed by atoms with Gasteiger partial charge in [-0.3, -0.25) is 13.9 Å². The van der Waals surface area contributed by atoms with Crippen molar-refractivity contribution in [2.75, 3.05) is 0 Å². The van der Waals surface area contributed by atoms with Gasteiger partial charge in [0.25, 0.3) is 0 Å². The number of halogens is 2. The lowest BCUT2D eigenvalue weighted by molar-refractivity contribution is 0.284. The van der Waals surface area contributed by atoms with E-state index in [-0.39, 0.29) is 5.75 Å². The standard InChI is InChI=1S/C8H6BrClNO4P/c9-5-1-2-7-6(3-5)8(4-11(7)10)15-16(12,13)14/h1-4H,(H2,12,13,14). The fraction of sp³-hybridized carbons (Fsp3) is 0. The smallest absolute Gasteiger partial charge is 0.402 e. The summed E-state index contributed by atoms with van der Waals surface area (Å²) >= 11 is 9.08. The zero-order chi connectivity index (χ0) is 11.9. The maximum absolute atomic E-state index is 10.7. The van der Waals surface area contributed by atoms with Gasteiger partial charge in [0.2, 0.25) is 0 Å². The Morgan fingerprint density at radius 1 is 1.44 bits per heavy atom. The lowest BCUT2D eigenvalue weighted by Gasteiger charge is -2.04. The fourth-order valence-electron chi connectivity index (χ4n) is 1.33. The van der Waals surface area contributed by atoms with Gasteiger partial charge in [-0.25, -0.2) is 4.57 Å². The highest BCUT2D eigenvalue weighted by Crippen LogP contribution is 2.42. The maximum atomic E-state index is 10.7. The van der Waals surface area contributed by atoms with Crippen LogP contribution in [0.1, 0.15) is 0 Å². The van der Waals surface area contributed by atoms with E-state index in [0.29, 0.717) is 10.9 Å². The van der Waals surface area contributed by atoms with Crippen LogP contribution in [0.15, 0.2) is 28.9 Å². The normalized spacial score (nSPS) is 12.0. The Morgan fingerprint density at radius 3 is 2.75 bits per heavy atom. The molecule has 0 saturated carbocycles. The van der Waals surface area contributed by atoms with Gasteiger partial charge in [-0.15, -0.1) is 0 Å². The number of aromatic nitrogens is 1. The van der Waals surface area contributed by atoms with Crippen LogP contribution in [0, 0.1) is 0 Å². The summed E-state index contributed by atoms with van der Waals surface area (Å²) in [5, 5.41) is 0.521. The van der Waals surface area contributed by atoms with Crippen LogP contribution in [0.25, 0.3) is 10.9 Å². The summed E-state index contributed by atoms with van der Waals surface area (Å²) < 4.78 is 17.3. The van der Waals surface area contributed by atoms with Gasteiger partial charge in [-0.1, -0.05) is 15.9 Å². The highest BCUT2D eigenvalue weighted by atomic mass is 79.9. The van der Waals surface area contributed by atoms with E-state index in [2.05, 4.69) is 20.5 Å². The topological polar surface area (TPSA) is 71.7 Å². The zero-order valence-electron chi connectivity index (χ0n) is 7.67. The Labute approximate surface area is 104 Å². The molecule has 0 radical (unpaired) electrons. The Hall–Kier alpha value is -0.520. The summed E-state index contributed by atoms with van der Waals surface area (Å²) in [4.78, 5) is 17.5. The number of benzene rings is 1. The highest BCUT2D eigenvalue weighted by Gasteiger charge is 2.20. The number of hydrogen-bond acceptors (Lipinski definition) is 2. The van der Waals surface area contributed by atoms with E-state index in [1.54, 1.807) is 18.2 Å². The molecule has 1 aromatic carbocycles. The van der Waals surface area contributed by atoms with Gasteiger partial charge in [0, 0.05) is 21.6 Å². The number of nitrogens with zero attached hydrogens (tertiary/aromatic N) is 1. The SMILES string of the molecule is O=P(O)(O)Oc1cn(Cl)c2ccc(Br)cc12. The molecule has 0 saturated heterocycles. The van der Waals surface area contributed by atoms with E-state index in [0.717, 1.165) is 4.47 Å². The first-order chi connectivity index (χ1) is 7.37. The Kier molecular flexibility index (Phi) is 3.03. The monoisotopic (exact) mass is 325 g/mol. The van der Waals surface area contributed by atoms with Crippen LogP contribution >= 0.6 is 35.5 Å². The maximum Gasteiger partial charge on any atom is 0.524 e. The molecule has 0 aliphatic carbocycles. The van der Waals surface area contributed by atoms with E-state index in [1.165, 1.54) is 10.3 Å². The van der Waals surface area contributed by atoms with E-state index < -0.39 is 7.82 Å². The van der Waals surface area contributed by atoms with Gasteiger partial charge in [0.15, 0.2) is 5.75 Å². The summed E-state index contributed by atoms with van der Waals surface area (Å²) in [5.41, 5.74) is 0.605. The number of fused-ring (bicyclic) bond motifs is 1. The molecule has 0 spiro atoms. The van der Waals surface area contributed by atoms with Gasteiger partial charge in [-0.2, -0.15) is 0 Å². The first-order valence-electron chi connectivity index (χ1n) is 4.09. The zero-order valence-corrected chi connectivity index (χ0v) is 10.9. The van der Waals surface area contributed by atoms with Crippen LogP contribution in [0.4, 0.5) is 0 Å². The number of rotatable bonds is 2. The molecule has 2 aromatic rings. The lowest BCUT2D eigenvalue weighted by atomic mass is 10.2. The van der Waals surface area contributed by atoms with Crippen molar-refractivity contribution in [2.24, 2.45) is 0 Å². The molecule has 0 bridgehead atoms. The summed E-state index contributed by atoms with van der Waals surface area (Å²) in [5.74, 6) is 0.0413. The van der Waals surface area contributed by atoms with Gasteiger partial charge in [0.1, 0.15) is 0 Å². The molecular weight excluding hydrogens is 320 g/mol. The molecule has 0 atom stereocenters. The van der Waals surface area contributed by atoms with Crippen molar-refractivity contribution in [3.63, 3.8) is 0 Å². The third kappa shape index (κ3) is 2.42. The second-order valence-electron chi connectivity index (χ2n) is 3.05. The first kappa shape index (κ1) is 12.0. The molecule has 86 valence electrons. The van der Waals surface area contributed by atoms with Gasteiger partial charge >= 0.3 is 7.82 Å². The molecular formula is C8H6BrClNO4P. The minimum Gasteiger partial charge on any atom is -0.402 e. The Balaban J connectivity index is 2.62. The van der Waals surface area contributed by atoms with Gasteiger partial charge < -0.3 is 4.52 Å². The van der Waals surface area contributed by atoms with Crippen LogP contribution in [0.5, 0.6) is 5.75 Å². The lowest BCUT2D eigenvalue weighted by Crippen LogP contribution is -1.88. The molecule has 0 amide bonds. The van der Waals surface area contributed by atoms with Crippen LogP contribution in [0.2, 0.25) is 0 Å². The molecule has 5 nitrogen and oxygen atoms in total. The Bertz CT molecular complexity index is 593.